The molecule has 0 unspecified atom stereocenters. The van der Waals surface area contributed by atoms with Gasteiger partial charge in [-0.1, -0.05) is 12.1 Å². The lowest BCUT2D eigenvalue weighted by atomic mass is 9.95. The normalized spacial score (nSPS) is 13.0. The van der Waals surface area contributed by atoms with Crippen LogP contribution in [0.15, 0.2) is 47.6 Å². The van der Waals surface area contributed by atoms with Crippen molar-refractivity contribution in [1.82, 2.24) is 10.3 Å². The number of rotatable bonds is 5. The second kappa shape index (κ2) is 7.05. The number of aromatic nitrogens is 1. The van der Waals surface area contributed by atoms with E-state index in [1.54, 1.807) is 31.5 Å². The molecule has 23 heavy (non-hydrogen) atoms. The standard InChI is InChI=1S/C18H19N3O2/c1-23-14-6-5-13-7-10-20-16(15(13)12-14)8-11-21-18(22)17-4-2-3-9-19-17/h2-6,9,12H,7-8,10-11H2,1H3,(H,21,22). The summed E-state index contributed by atoms with van der Waals surface area (Å²) in [6.45, 7) is 1.33. The van der Waals surface area contributed by atoms with Crippen LogP contribution in [-0.4, -0.2) is 36.8 Å². The molecule has 118 valence electrons. The van der Waals surface area contributed by atoms with Crippen molar-refractivity contribution in [3.05, 3.63) is 59.4 Å². The quantitative estimate of drug-likeness (QED) is 0.921. The summed E-state index contributed by atoms with van der Waals surface area (Å²) in [5.74, 6) is 0.670. The highest BCUT2D eigenvalue weighted by Gasteiger charge is 2.15. The first-order chi connectivity index (χ1) is 11.3. The maximum atomic E-state index is 12.0. The third kappa shape index (κ3) is 3.56. The van der Waals surface area contributed by atoms with Crippen LogP contribution in [0, 0.1) is 0 Å². The molecule has 0 radical (unpaired) electrons. The van der Waals surface area contributed by atoms with Crippen LogP contribution in [0.4, 0.5) is 0 Å². The number of ether oxygens (including phenoxy) is 1. The number of aliphatic imine (C=N–C) groups is 1. The molecule has 2 heterocycles. The molecule has 0 bridgehead atoms. The molecule has 0 saturated carbocycles. The molecular weight excluding hydrogens is 290 g/mol. The van der Waals surface area contributed by atoms with E-state index in [9.17, 15) is 4.79 Å². The number of nitrogens with one attached hydrogen (secondary N) is 1. The lowest BCUT2D eigenvalue weighted by molar-refractivity contribution is 0.0950. The van der Waals surface area contributed by atoms with Crippen molar-refractivity contribution in [2.45, 2.75) is 12.8 Å². The first-order valence-corrected chi connectivity index (χ1v) is 7.68. The summed E-state index contributed by atoms with van der Waals surface area (Å²) in [5, 5.41) is 2.89. The van der Waals surface area contributed by atoms with E-state index < -0.39 is 0 Å². The van der Waals surface area contributed by atoms with Crippen LogP contribution < -0.4 is 10.1 Å². The molecule has 0 saturated heterocycles. The number of benzene rings is 1. The van der Waals surface area contributed by atoms with Crippen molar-refractivity contribution >= 4 is 11.6 Å². The minimum absolute atomic E-state index is 0.159. The van der Waals surface area contributed by atoms with Gasteiger partial charge in [0.05, 0.1) is 7.11 Å². The van der Waals surface area contributed by atoms with Gasteiger partial charge in [-0.15, -0.1) is 0 Å². The zero-order chi connectivity index (χ0) is 16.1. The minimum atomic E-state index is -0.159. The Hall–Kier alpha value is -2.69. The van der Waals surface area contributed by atoms with E-state index in [-0.39, 0.29) is 5.91 Å². The second-order valence-electron chi connectivity index (χ2n) is 5.32. The third-order valence-electron chi connectivity index (χ3n) is 3.86. The van der Waals surface area contributed by atoms with E-state index in [0.29, 0.717) is 18.7 Å². The van der Waals surface area contributed by atoms with Crippen LogP contribution in [0.5, 0.6) is 5.75 Å². The van der Waals surface area contributed by atoms with Crippen LogP contribution in [-0.2, 0) is 6.42 Å². The Balaban J connectivity index is 1.63. The predicted octanol–water partition coefficient (Wildman–Crippen LogP) is 2.26. The van der Waals surface area contributed by atoms with Crippen LogP contribution in [0.25, 0.3) is 0 Å². The number of carbonyl (C=O) groups excluding carboxylic acids is 1. The van der Waals surface area contributed by atoms with Gasteiger partial charge in [0, 0.05) is 37.0 Å². The maximum Gasteiger partial charge on any atom is 0.269 e. The molecular formula is C18H19N3O2. The van der Waals surface area contributed by atoms with E-state index >= 15 is 0 Å². The molecule has 3 rings (SSSR count). The van der Waals surface area contributed by atoms with Crippen molar-refractivity contribution in [3.8, 4) is 5.75 Å². The Morgan fingerprint density at radius 2 is 2.22 bits per heavy atom. The molecule has 5 heteroatoms. The zero-order valence-corrected chi connectivity index (χ0v) is 13.1. The molecule has 1 aliphatic rings. The van der Waals surface area contributed by atoms with E-state index in [1.165, 1.54) is 5.56 Å². The number of hydrogen-bond donors (Lipinski definition) is 1. The van der Waals surface area contributed by atoms with Crippen molar-refractivity contribution < 1.29 is 9.53 Å². The van der Waals surface area contributed by atoms with Crippen molar-refractivity contribution in [2.75, 3.05) is 20.2 Å². The lowest BCUT2D eigenvalue weighted by Gasteiger charge is -2.18. The van der Waals surface area contributed by atoms with Gasteiger partial charge in [0.15, 0.2) is 0 Å². The fourth-order valence-corrected chi connectivity index (χ4v) is 2.66. The van der Waals surface area contributed by atoms with Crippen LogP contribution in [0.3, 0.4) is 0 Å². The monoisotopic (exact) mass is 309 g/mol. The van der Waals surface area contributed by atoms with Crippen LogP contribution in [0.1, 0.15) is 28.0 Å². The molecule has 0 spiro atoms. The van der Waals surface area contributed by atoms with Gasteiger partial charge in [-0.25, -0.2) is 0 Å². The van der Waals surface area contributed by atoms with Gasteiger partial charge in [-0.2, -0.15) is 0 Å². The molecule has 1 aliphatic heterocycles. The fourth-order valence-electron chi connectivity index (χ4n) is 2.66. The molecule has 1 N–H and O–H groups in total. The van der Waals surface area contributed by atoms with Crippen molar-refractivity contribution in [2.24, 2.45) is 4.99 Å². The number of nitrogens with zero attached hydrogens (tertiary/aromatic N) is 2. The van der Waals surface area contributed by atoms with E-state index in [1.807, 2.05) is 12.1 Å². The second-order valence-corrected chi connectivity index (χ2v) is 5.32. The van der Waals surface area contributed by atoms with E-state index in [2.05, 4.69) is 21.4 Å². The van der Waals surface area contributed by atoms with Gasteiger partial charge in [0.25, 0.3) is 5.91 Å². The Kier molecular flexibility index (Phi) is 4.66. The summed E-state index contributed by atoms with van der Waals surface area (Å²) in [6, 6.07) is 11.4. The van der Waals surface area contributed by atoms with Gasteiger partial charge in [0.1, 0.15) is 11.4 Å². The average Bonchev–Trinajstić information content (AvgIpc) is 2.62. The van der Waals surface area contributed by atoms with Gasteiger partial charge in [0.2, 0.25) is 0 Å². The Morgan fingerprint density at radius 3 is 3.00 bits per heavy atom. The number of methoxy groups -OCH3 is 1. The number of hydrogen-bond acceptors (Lipinski definition) is 4. The summed E-state index contributed by atoms with van der Waals surface area (Å²) in [6.07, 6.45) is 3.25. The Bertz CT molecular complexity index is 726. The SMILES string of the molecule is COc1ccc2c(c1)C(CCNC(=O)c1ccccn1)=NCC2. The summed E-state index contributed by atoms with van der Waals surface area (Å²) in [7, 11) is 1.66. The summed E-state index contributed by atoms with van der Waals surface area (Å²) < 4.78 is 5.30. The average molecular weight is 309 g/mol. The first-order valence-electron chi connectivity index (χ1n) is 7.68. The third-order valence-corrected chi connectivity index (χ3v) is 3.86. The molecule has 0 atom stereocenters. The van der Waals surface area contributed by atoms with E-state index in [4.69, 9.17) is 4.74 Å². The number of amides is 1. The number of fused-ring (bicyclic) bond motifs is 1. The largest absolute Gasteiger partial charge is 0.497 e. The molecule has 0 fully saturated rings. The Labute approximate surface area is 135 Å². The van der Waals surface area contributed by atoms with Crippen molar-refractivity contribution in [1.29, 1.82) is 0 Å². The highest BCUT2D eigenvalue weighted by molar-refractivity contribution is 6.03. The summed E-state index contributed by atoms with van der Waals surface area (Å²) >= 11 is 0. The topological polar surface area (TPSA) is 63.6 Å². The molecule has 1 aromatic heterocycles. The molecule has 2 aromatic rings. The van der Waals surface area contributed by atoms with Crippen LogP contribution >= 0.6 is 0 Å². The smallest absolute Gasteiger partial charge is 0.269 e. The van der Waals surface area contributed by atoms with Gasteiger partial charge >= 0.3 is 0 Å². The van der Waals surface area contributed by atoms with Gasteiger partial charge in [-0.05, 0) is 36.2 Å². The summed E-state index contributed by atoms with van der Waals surface area (Å²) in [4.78, 5) is 20.7. The molecule has 5 nitrogen and oxygen atoms in total. The maximum absolute atomic E-state index is 12.0. The van der Waals surface area contributed by atoms with Crippen LogP contribution in [0.2, 0.25) is 0 Å². The Morgan fingerprint density at radius 1 is 1.30 bits per heavy atom. The first kappa shape index (κ1) is 15.2. The lowest BCUT2D eigenvalue weighted by Crippen LogP contribution is -2.27. The number of carbonyl (C=O) groups is 1. The molecule has 0 aliphatic carbocycles. The predicted molar refractivity (Wildman–Crippen MR) is 89.3 cm³/mol. The van der Waals surface area contributed by atoms with Crippen molar-refractivity contribution in [3.63, 3.8) is 0 Å². The van der Waals surface area contributed by atoms with E-state index in [0.717, 1.165) is 30.0 Å². The minimum Gasteiger partial charge on any atom is -0.497 e. The molecule has 1 aromatic carbocycles. The van der Waals surface area contributed by atoms with Gasteiger partial charge in [-0.3, -0.25) is 14.8 Å². The highest BCUT2D eigenvalue weighted by atomic mass is 16.5. The molecule has 1 amide bonds. The fraction of sp³-hybridized carbons (Fsp3) is 0.278. The summed E-state index contributed by atoms with van der Waals surface area (Å²) in [5.41, 5.74) is 3.86. The number of pyridine rings is 1. The highest BCUT2D eigenvalue weighted by Crippen LogP contribution is 2.23. The zero-order valence-electron chi connectivity index (χ0n) is 13.1. The van der Waals surface area contributed by atoms with Gasteiger partial charge < -0.3 is 10.1 Å².